The summed E-state index contributed by atoms with van der Waals surface area (Å²) in [7, 11) is 0. The summed E-state index contributed by atoms with van der Waals surface area (Å²) in [5.74, 6) is 0.461. The highest BCUT2D eigenvalue weighted by Gasteiger charge is 2.33. The van der Waals surface area contributed by atoms with E-state index in [1.165, 1.54) is 6.39 Å². The van der Waals surface area contributed by atoms with Crippen LogP contribution in [0.25, 0.3) is 10.1 Å². The van der Waals surface area contributed by atoms with Gasteiger partial charge in [-0.25, -0.2) is 0 Å². The molecule has 0 aliphatic carbocycles. The number of carbonyl (C=O) groups excluding carboxylic acids is 1. The maximum Gasteiger partial charge on any atom is 0.256 e. The van der Waals surface area contributed by atoms with E-state index in [-0.39, 0.29) is 11.9 Å². The molecule has 2 aromatic heterocycles. The van der Waals surface area contributed by atoms with Crippen LogP contribution in [0.2, 0.25) is 0 Å². The van der Waals surface area contributed by atoms with Gasteiger partial charge in [-0.3, -0.25) is 4.79 Å². The molecular formula is C15H13N3O3S. The number of rotatable bonds is 2. The van der Waals surface area contributed by atoms with Crippen LogP contribution in [0.5, 0.6) is 0 Å². The van der Waals surface area contributed by atoms with Crippen molar-refractivity contribution in [3.63, 3.8) is 0 Å². The number of nitrogens with zero attached hydrogens (tertiary/aromatic N) is 3. The normalized spacial score (nSPS) is 18.7. The van der Waals surface area contributed by atoms with E-state index in [4.69, 9.17) is 9.26 Å². The number of benzene rings is 1. The lowest BCUT2D eigenvalue weighted by Gasteiger charge is -2.33. The molecule has 112 valence electrons. The first-order valence-electron chi connectivity index (χ1n) is 6.96. The van der Waals surface area contributed by atoms with E-state index in [0.29, 0.717) is 25.6 Å². The number of thiophene rings is 1. The van der Waals surface area contributed by atoms with Crippen molar-refractivity contribution in [3.05, 3.63) is 47.4 Å². The fourth-order valence-corrected chi connectivity index (χ4v) is 3.62. The third-order valence-corrected chi connectivity index (χ3v) is 4.74. The lowest BCUT2D eigenvalue weighted by atomic mass is 10.1. The Morgan fingerprint density at radius 1 is 1.36 bits per heavy atom. The van der Waals surface area contributed by atoms with Gasteiger partial charge in [0.05, 0.1) is 18.8 Å². The van der Waals surface area contributed by atoms with Gasteiger partial charge in [0.1, 0.15) is 6.04 Å². The highest BCUT2D eigenvalue weighted by atomic mass is 32.1. The molecule has 4 rings (SSSR count). The van der Waals surface area contributed by atoms with Crippen LogP contribution in [0.3, 0.4) is 0 Å². The molecule has 0 bridgehead atoms. The quantitative estimate of drug-likeness (QED) is 0.727. The van der Waals surface area contributed by atoms with Gasteiger partial charge in [-0.15, -0.1) is 11.3 Å². The van der Waals surface area contributed by atoms with Crippen LogP contribution in [0.15, 0.2) is 40.6 Å². The van der Waals surface area contributed by atoms with Gasteiger partial charge in [0.25, 0.3) is 5.91 Å². The molecule has 0 unspecified atom stereocenters. The molecule has 3 heterocycles. The minimum absolute atomic E-state index is 0.0180. The Balaban J connectivity index is 1.71. The molecule has 0 radical (unpaired) electrons. The Labute approximate surface area is 130 Å². The Morgan fingerprint density at radius 3 is 3.14 bits per heavy atom. The monoisotopic (exact) mass is 315 g/mol. The second kappa shape index (κ2) is 5.51. The summed E-state index contributed by atoms with van der Waals surface area (Å²) in [5.41, 5.74) is 0.719. The molecule has 6 nitrogen and oxygen atoms in total. The van der Waals surface area contributed by atoms with Crippen molar-refractivity contribution in [1.82, 2.24) is 15.0 Å². The predicted molar refractivity (Wildman–Crippen MR) is 80.7 cm³/mol. The number of amides is 1. The van der Waals surface area contributed by atoms with Crippen LogP contribution in [-0.2, 0) is 4.74 Å². The van der Waals surface area contributed by atoms with Crippen molar-refractivity contribution in [3.8, 4) is 0 Å². The van der Waals surface area contributed by atoms with Crippen LogP contribution < -0.4 is 0 Å². The molecule has 22 heavy (non-hydrogen) atoms. The predicted octanol–water partition coefficient (Wildman–Crippen LogP) is 2.50. The van der Waals surface area contributed by atoms with E-state index in [9.17, 15) is 4.79 Å². The van der Waals surface area contributed by atoms with E-state index in [0.717, 1.165) is 15.6 Å². The Bertz CT molecular complexity index is 799. The maximum absolute atomic E-state index is 13.0. The van der Waals surface area contributed by atoms with Gasteiger partial charge in [0.2, 0.25) is 6.39 Å². The molecule has 0 spiro atoms. The van der Waals surface area contributed by atoms with E-state index in [1.54, 1.807) is 16.2 Å². The zero-order valence-corrected chi connectivity index (χ0v) is 12.5. The van der Waals surface area contributed by atoms with Crippen LogP contribution >= 0.6 is 11.3 Å². The minimum atomic E-state index is -0.307. The minimum Gasteiger partial charge on any atom is -0.377 e. The van der Waals surface area contributed by atoms with Gasteiger partial charge >= 0.3 is 0 Å². The van der Waals surface area contributed by atoms with Gasteiger partial charge in [-0.1, -0.05) is 23.4 Å². The molecule has 1 aromatic carbocycles. The SMILES string of the molecule is O=C(c1csc2ccccc12)N1CCOC[C@H]1c1ncon1. The van der Waals surface area contributed by atoms with Gasteiger partial charge < -0.3 is 14.2 Å². The second-order valence-electron chi connectivity index (χ2n) is 5.02. The highest BCUT2D eigenvalue weighted by Crippen LogP contribution is 2.30. The summed E-state index contributed by atoms with van der Waals surface area (Å²) in [6.45, 7) is 1.41. The molecule has 1 atom stereocenters. The van der Waals surface area contributed by atoms with E-state index in [1.807, 2.05) is 29.6 Å². The first-order chi connectivity index (χ1) is 10.8. The maximum atomic E-state index is 13.0. The number of hydrogen-bond donors (Lipinski definition) is 0. The van der Waals surface area contributed by atoms with Gasteiger partial charge in [-0.2, -0.15) is 4.98 Å². The largest absolute Gasteiger partial charge is 0.377 e. The molecule has 1 aliphatic heterocycles. The average molecular weight is 315 g/mol. The van der Waals surface area contributed by atoms with Crippen molar-refractivity contribution in [2.24, 2.45) is 0 Å². The summed E-state index contributed by atoms with van der Waals surface area (Å²) in [4.78, 5) is 18.8. The fourth-order valence-electron chi connectivity index (χ4n) is 2.68. The van der Waals surface area contributed by atoms with Gasteiger partial charge in [0, 0.05) is 22.0 Å². The molecular weight excluding hydrogens is 302 g/mol. The van der Waals surface area contributed by atoms with Crippen molar-refractivity contribution >= 4 is 27.3 Å². The van der Waals surface area contributed by atoms with Crippen molar-refractivity contribution < 1.29 is 14.1 Å². The van der Waals surface area contributed by atoms with Crippen LogP contribution in [0, 0.1) is 0 Å². The van der Waals surface area contributed by atoms with Crippen molar-refractivity contribution in [2.45, 2.75) is 6.04 Å². The average Bonchev–Trinajstić information content (AvgIpc) is 3.24. The van der Waals surface area contributed by atoms with Crippen LogP contribution in [0.1, 0.15) is 22.2 Å². The van der Waals surface area contributed by atoms with E-state index >= 15 is 0 Å². The Hall–Kier alpha value is -2.25. The molecule has 3 aromatic rings. The lowest BCUT2D eigenvalue weighted by molar-refractivity contribution is -0.00564. The smallest absolute Gasteiger partial charge is 0.256 e. The molecule has 0 saturated carbocycles. The third kappa shape index (κ3) is 2.18. The molecule has 1 fully saturated rings. The van der Waals surface area contributed by atoms with E-state index < -0.39 is 0 Å². The summed E-state index contributed by atoms with van der Waals surface area (Å²) in [6, 6.07) is 7.61. The molecule has 0 N–H and O–H groups in total. The van der Waals surface area contributed by atoms with Crippen LogP contribution in [-0.4, -0.2) is 40.7 Å². The topological polar surface area (TPSA) is 68.5 Å². The number of morpholine rings is 1. The summed E-state index contributed by atoms with van der Waals surface area (Å²) in [5, 5.41) is 6.75. The number of fused-ring (bicyclic) bond motifs is 1. The third-order valence-electron chi connectivity index (χ3n) is 3.78. The van der Waals surface area contributed by atoms with Gasteiger partial charge in [0.15, 0.2) is 5.82 Å². The summed E-state index contributed by atoms with van der Waals surface area (Å²) < 4.78 is 11.4. The van der Waals surface area contributed by atoms with Gasteiger partial charge in [-0.05, 0) is 6.07 Å². The summed E-state index contributed by atoms with van der Waals surface area (Å²) >= 11 is 1.58. The standard InChI is InChI=1S/C15H13N3O3S/c19-15(11-8-22-13-4-2-1-3-10(11)13)18-5-6-20-7-12(18)14-16-9-21-17-14/h1-4,8-9,12H,5-7H2/t12-/m0/s1. The first-order valence-corrected chi connectivity index (χ1v) is 7.84. The van der Waals surface area contributed by atoms with E-state index in [2.05, 4.69) is 10.1 Å². The number of hydrogen-bond acceptors (Lipinski definition) is 6. The number of ether oxygens (including phenoxy) is 1. The highest BCUT2D eigenvalue weighted by molar-refractivity contribution is 7.17. The first kappa shape index (κ1) is 13.4. The summed E-state index contributed by atoms with van der Waals surface area (Å²) in [6.07, 6.45) is 1.27. The van der Waals surface area contributed by atoms with Crippen molar-refractivity contribution in [1.29, 1.82) is 0 Å². The zero-order chi connectivity index (χ0) is 14.9. The molecule has 1 amide bonds. The fraction of sp³-hybridized carbons (Fsp3) is 0.267. The number of aromatic nitrogens is 2. The second-order valence-corrected chi connectivity index (χ2v) is 5.94. The Kier molecular flexibility index (Phi) is 3.36. The Morgan fingerprint density at radius 2 is 2.27 bits per heavy atom. The molecule has 1 aliphatic rings. The zero-order valence-electron chi connectivity index (χ0n) is 11.6. The molecule has 1 saturated heterocycles. The van der Waals surface area contributed by atoms with Crippen LogP contribution in [0.4, 0.5) is 0 Å². The number of carbonyl (C=O) groups is 1. The lowest BCUT2D eigenvalue weighted by Crippen LogP contribution is -2.43. The molecule has 7 heteroatoms. The van der Waals surface area contributed by atoms with Crippen molar-refractivity contribution in [2.75, 3.05) is 19.8 Å².